The minimum atomic E-state index is -0.715. The fourth-order valence-electron chi connectivity index (χ4n) is 2.19. The van der Waals surface area contributed by atoms with Crippen LogP contribution >= 0.6 is 9.47 Å². The number of benzene rings is 1. The minimum absolute atomic E-state index is 0.0136. The molecule has 0 spiro atoms. The minimum Gasteiger partial charge on any atom is -0.488 e. The molecule has 27 heavy (non-hydrogen) atoms. The number of ether oxygens (including phenoxy) is 1. The summed E-state index contributed by atoms with van der Waals surface area (Å²) in [5.74, 6) is -1.01. The van der Waals surface area contributed by atoms with Gasteiger partial charge in [-0.3, -0.25) is 4.79 Å². The number of nitrogens with one attached hydrogen (secondary N) is 1. The lowest BCUT2D eigenvalue weighted by atomic mass is 10.1. The monoisotopic (exact) mass is 381 g/mol. The molecule has 6 nitrogen and oxygen atoms in total. The molecule has 0 saturated heterocycles. The molecule has 0 aliphatic carbocycles. The summed E-state index contributed by atoms with van der Waals surface area (Å²) in [6.45, 7) is 0.173. The Morgan fingerprint density at radius 2 is 1.93 bits per heavy atom. The molecule has 0 bridgehead atoms. The number of nitriles is 2. The summed E-state index contributed by atoms with van der Waals surface area (Å²) in [6.07, 6.45) is 0. The Kier molecular flexibility index (Phi) is 6.73. The molecule has 1 amide bonds. The van der Waals surface area contributed by atoms with Crippen molar-refractivity contribution in [2.24, 2.45) is 0 Å². The van der Waals surface area contributed by atoms with E-state index in [0.717, 1.165) is 11.6 Å². The molecule has 0 aliphatic rings. The Morgan fingerprint density at radius 1 is 1.26 bits per heavy atom. The Bertz CT molecular complexity index is 944. The predicted octanol–water partition coefficient (Wildman–Crippen LogP) is 2.93. The summed E-state index contributed by atoms with van der Waals surface area (Å²) < 4.78 is 23.3. The maximum atomic E-state index is 13.3. The van der Waals surface area contributed by atoms with Gasteiger partial charge in [-0.25, -0.2) is 0 Å². The van der Waals surface area contributed by atoms with Gasteiger partial charge in [-0.05, 0) is 23.8 Å². The molecular weight excluding hydrogens is 368 g/mol. The van der Waals surface area contributed by atoms with Crippen molar-refractivity contribution in [2.75, 3.05) is 7.11 Å². The van der Waals surface area contributed by atoms with Gasteiger partial charge >= 0.3 is 0 Å². The van der Waals surface area contributed by atoms with Crippen LogP contribution in [0.2, 0.25) is 0 Å². The zero-order valence-corrected chi connectivity index (χ0v) is 15.3. The lowest BCUT2D eigenvalue weighted by Gasteiger charge is -2.09. The molecule has 0 radical (unpaired) electrons. The predicted molar refractivity (Wildman–Crippen MR) is 97.2 cm³/mol. The number of nitrogens with zero attached hydrogens (tertiary/aromatic N) is 2. The molecule has 2 aromatic rings. The van der Waals surface area contributed by atoms with Crippen molar-refractivity contribution in [3.8, 4) is 17.9 Å². The summed E-state index contributed by atoms with van der Waals surface area (Å²) in [5.41, 5.74) is 1.14. The van der Waals surface area contributed by atoms with Crippen LogP contribution in [0.4, 0.5) is 4.39 Å². The van der Waals surface area contributed by atoms with E-state index >= 15 is 0 Å². The average molecular weight is 381 g/mol. The van der Waals surface area contributed by atoms with Crippen LogP contribution in [0.15, 0.2) is 35.9 Å². The number of amides is 1. The molecule has 0 aromatic heterocycles. The molecule has 1 atom stereocenters. The topological polar surface area (TPSA) is 95.1 Å². The van der Waals surface area contributed by atoms with E-state index in [-0.39, 0.29) is 29.2 Å². The van der Waals surface area contributed by atoms with E-state index in [1.165, 1.54) is 7.11 Å². The van der Waals surface area contributed by atoms with E-state index in [9.17, 15) is 9.18 Å². The average Bonchev–Trinajstić information content (AvgIpc) is 2.70. The molecular formula is C19H13FN3O3P. The van der Waals surface area contributed by atoms with Crippen LogP contribution in [0, 0.1) is 40.6 Å². The van der Waals surface area contributed by atoms with Crippen LogP contribution in [0.1, 0.15) is 21.5 Å². The highest BCUT2D eigenvalue weighted by Gasteiger charge is 2.14. The van der Waals surface area contributed by atoms with Gasteiger partial charge in [0.2, 0.25) is 0 Å². The molecule has 2 rings (SSSR count). The first-order chi connectivity index (χ1) is 13.0. The first kappa shape index (κ1) is 19.7. The summed E-state index contributed by atoms with van der Waals surface area (Å²) in [6, 6.07) is 15.9. The van der Waals surface area contributed by atoms with Gasteiger partial charge in [-0.2, -0.15) is 14.9 Å². The Balaban J connectivity index is 2.13. The fourth-order valence-corrected chi connectivity index (χ4v) is 2.45. The van der Waals surface area contributed by atoms with Gasteiger partial charge in [-0.1, -0.05) is 24.3 Å². The van der Waals surface area contributed by atoms with Crippen LogP contribution in [0.25, 0.3) is 5.76 Å². The maximum absolute atomic E-state index is 13.3. The third-order valence-corrected chi connectivity index (χ3v) is 3.73. The summed E-state index contributed by atoms with van der Waals surface area (Å²) in [7, 11) is 3.35. The molecule has 2 aromatic carbocycles. The molecule has 0 heterocycles. The molecule has 1 N–H and O–H groups in total. The van der Waals surface area contributed by atoms with Crippen molar-refractivity contribution >= 4 is 21.1 Å². The SMILES string of the molecule is COc1c#cc(F)cc1C(=O)NCc1ccc(C(OP)=C(C#N)C#N)cc1. The number of carbonyl (C=O) groups excluding carboxylic acids is 1. The normalized spacial score (nSPS) is 9.22. The second-order valence-corrected chi connectivity index (χ2v) is 5.35. The zero-order chi connectivity index (χ0) is 19.8. The second kappa shape index (κ2) is 9.20. The van der Waals surface area contributed by atoms with E-state index in [4.69, 9.17) is 19.8 Å². The van der Waals surface area contributed by atoms with Crippen molar-refractivity contribution in [1.29, 1.82) is 10.5 Å². The lowest BCUT2D eigenvalue weighted by molar-refractivity contribution is 0.0947. The Morgan fingerprint density at radius 3 is 2.48 bits per heavy atom. The van der Waals surface area contributed by atoms with Crippen LogP contribution in [-0.4, -0.2) is 13.0 Å². The van der Waals surface area contributed by atoms with Gasteiger partial charge in [0.15, 0.2) is 22.9 Å². The summed E-state index contributed by atoms with van der Waals surface area (Å²) in [5, 5.41) is 20.6. The molecule has 1 unspecified atom stereocenters. The zero-order valence-electron chi connectivity index (χ0n) is 14.2. The van der Waals surface area contributed by atoms with E-state index < -0.39 is 11.7 Å². The van der Waals surface area contributed by atoms with E-state index in [1.54, 1.807) is 36.4 Å². The van der Waals surface area contributed by atoms with Crippen LogP contribution in [-0.2, 0) is 11.1 Å². The van der Waals surface area contributed by atoms with Crippen LogP contribution in [0.3, 0.4) is 0 Å². The van der Waals surface area contributed by atoms with Gasteiger partial charge in [0.25, 0.3) is 5.91 Å². The molecule has 134 valence electrons. The van der Waals surface area contributed by atoms with Crippen molar-refractivity contribution in [1.82, 2.24) is 5.32 Å². The van der Waals surface area contributed by atoms with Crippen LogP contribution < -0.4 is 10.1 Å². The largest absolute Gasteiger partial charge is 0.488 e. The Hall–Kier alpha value is -3.59. The maximum Gasteiger partial charge on any atom is 0.256 e. The molecule has 0 saturated carbocycles. The van der Waals surface area contributed by atoms with Gasteiger partial charge < -0.3 is 14.6 Å². The van der Waals surface area contributed by atoms with Crippen molar-refractivity contribution in [2.45, 2.75) is 6.54 Å². The number of methoxy groups -OCH3 is 1. The van der Waals surface area contributed by atoms with E-state index in [1.807, 2.05) is 9.47 Å². The quantitative estimate of drug-likeness (QED) is 0.472. The smallest absolute Gasteiger partial charge is 0.256 e. The summed E-state index contributed by atoms with van der Waals surface area (Å²) in [4.78, 5) is 12.2. The highest BCUT2D eigenvalue weighted by atomic mass is 31.0. The lowest BCUT2D eigenvalue weighted by Crippen LogP contribution is -2.23. The van der Waals surface area contributed by atoms with Gasteiger partial charge in [0.1, 0.15) is 12.1 Å². The number of allylic oxidation sites excluding steroid dienone is 1. The van der Waals surface area contributed by atoms with Crippen LogP contribution in [0.5, 0.6) is 5.75 Å². The van der Waals surface area contributed by atoms with E-state index in [0.29, 0.717) is 5.56 Å². The first-order valence-corrected chi connectivity index (χ1v) is 7.97. The standard InChI is InChI=1S/C19H13FN3O3P/c1-25-17-7-6-15(20)8-16(17)19(24)23-11-12-2-4-13(5-3-12)18(26-27)14(9-21)10-22/h2-5,8H,11,27H2,1H3,(H,23,24). The number of hydrogen-bond acceptors (Lipinski definition) is 5. The first-order valence-electron chi connectivity index (χ1n) is 7.50. The van der Waals surface area contributed by atoms with Gasteiger partial charge in [-0.15, -0.1) is 0 Å². The van der Waals surface area contributed by atoms with E-state index in [2.05, 4.69) is 17.4 Å². The fraction of sp³-hybridized carbons (Fsp3) is 0.105. The van der Waals surface area contributed by atoms with Crippen molar-refractivity contribution < 1.29 is 18.4 Å². The number of rotatable bonds is 6. The summed E-state index contributed by atoms with van der Waals surface area (Å²) >= 11 is 0. The highest BCUT2D eigenvalue weighted by molar-refractivity contribution is 7.10. The number of halogens is 1. The second-order valence-electron chi connectivity index (χ2n) is 5.11. The highest BCUT2D eigenvalue weighted by Crippen LogP contribution is 2.23. The van der Waals surface area contributed by atoms with Crippen molar-refractivity contribution in [3.63, 3.8) is 0 Å². The third-order valence-electron chi connectivity index (χ3n) is 3.50. The number of hydrogen-bond donors (Lipinski definition) is 1. The van der Waals surface area contributed by atoms with Gasteiger partial charge in [0.05, 0.1) is 22.1 Å². The third kappa shape index (κ3) is 4.73. The number of carbonyl (C=O) groups is 1. The molecule has 0 aliphatic heterocycles. The van der Waals surface area contributed by atoms with Crippen molar-refractivity contribution in [3.05, 3.63) is 70.5 Å². The molecule has 0 fully saturated rings. The van der Waals surface area contributed by atoms with Gasteiger partial charge in [0, 0.05) is 12.1 Å². The molecule has 8 heteroatoms. The Labute approximate surface area is 158 Å².